The van der Waals surface area contributed by atoms with Gasteiger partial charge in [0.05, 0.1) is 18.7 Å². The topological polar surface area (TPSA) is 57.8 Å². The van der Waals surface area contributed by atoms with Gasteiger partial charge in [-0.3, -0.25) is 4.79 Å². The van der Waals surface area contributed by atoms with Crippen LogP contribution >= 0.6 is 0 Å². The zero-order valence-corrected chi connectivity index (χ0v) is 12.2. The van der Waals surface area contributed by atoms with E-state index in [9.17, 15) is 9.90 Å². The first-order valence-corrected chi connectivity index (χ1v) is 7.14. The predicted octanol–water partition coefficient (Wildman–Crippen LogP) is 2.01. The van der Waals surface area contributed by atoms with Crippen molar-refractivity contribution >= 4 is 17.2 Å². The molecule has 0 fully saturated rings. The summed E-state index contributed by atoms with van der Waals surface area (Å²) in [7, 11) is 1.80. The average molecular weight is 293 g/mol. The van der Waals surface area contributed by atoms with Crippen molar-refractivity contribution in [3.05, 3.63) is 53.9 Å². The van der Waals surface area contributed by atoms with Crippen molar-refractivity contribution in [3.63, 3.8) is 0 Å². The van der Waals surface area contributed by atoms with E-state index in [1.165, 1.54) is 0 Å². The van der Waals surface area contributed by atoms with E-state index in [4.69, 9.17) is 0 Å². The summed E-state index contributed by atoms with van der Waals surface area (Å²) in [4.78, 5) is 18.1. The maximum atomic E-state index is 11.8. The van der Waals surface area contributed by atoms with Crippen LogP contribution in [0.5, 0.6) is 0 Å². The van der Waals surface area contributed by atoms with Gasteiger partial charge >= 0.3 is 0 Å². The Balaban J connectivity index is 1.79. The number of imidazole rings is 1. The highest BCUT2D eigenvalue weighted by molar-refractivity contribution is 6.01. The number of amides is 1. The molecule has 0 saturated heterocycles. The summed E-state index contributed by atoms with van der Waals surface area (Å²) in [6.07, 6.45) is 4.29. The van der Waals surface area contributed by atoms with Crippen molar-refractivity contribution in [2.24, 2.45) is 0 Å². The van der Waals surface area contributed by atoms with Crippen LogP contribution in [0.2, 0.25) is 0 Å². The number of aliphatic hydroxyl groups is 1. The maximum Gasteiger partial charge on any atom is 0.231 e. The lowest BCUT2D eigenvalue weighted by atomic mass is 10.1. The molecule has 0 spiro atoms. The molecule has 1 aromatic carbocycles. The highest BCUT2D eigenvalue weighted by Gasteiger charge is 2.24. The number of fused-ring (bicyclic) bond motifs is 2. The molecule has 1 amide bonds. The van der Waals surface area contributed by atoms with Crippen molar-refractivity contribution in [2.45, 2.75) is 13.0 Å². The van der Waals surface area contributed by atoms with E-state index in [2.05, 4.69) is 4.98 Å². The first kappa shape index (κ1) is 13.0. The van der Waals surface area contributed by atoms with Crippen LogP contribution in [0.25, 0.3) is 16.9 Å². The fourth-order valence-electron chi connectivity index (χ4n) is 2.89. The van der Waals surface area contributed by atoms with Crippen molar-refractivity contribution < 1.29 is 9.90 Å². The third-order valence-corrected chi connectivity index (χ3v) is 4.16. The van der Waals surface area contributed by atoms with Gasteiger partial charge < -0.3 is 14.4 Å². The molecule has 22 heavy (non-hydrogen) atoms. The number of likely N-dealkylation sites (N-methyl/N-ethyl adjacent to an activating group) is 1. The lowest BCUT2D eigenvalue weighted by Gasteiger charge is -2.09. The Morgan fingerprint density at radius 2 is 2.14 bits per heavy atom. The zero-order chi connectivity index (χ0) is 15.3. The molecule has 5 heteroatoms. The molecule has 2 aromatic heterocycles. The predicted molar refractivity (Wildman–Crippen MR) is 83.7 cm³/mol. The summed E-state index contributed by atoms with van der Waals surface area (Å²) in [5, 5.41) is 9.20. The molecular weight excluding hydrogens is 278 g/mol. The lowest BCUT2D eigenvalue weighted by Crippen LogP contribution is -2.20. The molecule has 0 bridgehead atoms. The second-order valence-corrected chi connectivity index (χ2v) is 5.56. The second-order valence-electron chi connectivity index (χ2n) is 5.56. The van der Waals surface area contributed by atoms with Crippen LogP contribution in [-0.2, 0) is 17.8 Å². The zero-order valence-electron chi connectivity index (χ0n) is 12.2. The lowest BCUT2D eigenvalue weighted by molar-refractivity contribution is -0.117. The molecule has 110 valence electrons. The van der Waals surface area contributed by atoms with Gasteiger partial charge in [-0.25, -0.2) is 4.98 Å². The highest BCUT2D eigenvalue weighted by Crippen LogP contribution is 2.31. The van der Waals surface area contributed by atoms with E-state index >= 15 is 0 Å². The minimum Gasteiger partial charge on any atom is -0.392 e. The maximum absolute atomic E-state index is 11.8. The molecule has 3 aromatic rings. The Morgan fingerprint density at radius 3 is 2.95 bits per heavy atom. The van der Waals surface area contributed by atoms with Gasteiger partial charge in [-0.05, 0) is 35.4 Å². The van der Waals surface area contributed by atoms with Crippen LogP contribution in [0.4, 0.5) is 5.69 Å². The van der Waals surface area contributed by atoms with Crippen LogP contribution in [0.1, 0.15) is 11.1 Å². The van der Waals surface area contributed by atoms with E-state index < -0.39 is 0 Å². The standard InChI is InChI=1S/C17H15N3O2/c1-19-15-3-2-12(7-13(15)8-17(19)22)14-9-20-5-4-11(10-21)6-16(20)18-14/h2-7,9,21H,8,10H2,1H3. The van der Waals surface area contributed by atoms with E-state index in [0.29, 0.717) is 6.42 Å². The van der Waals surface area contributed by atoms with E-state index in [1.807, 2.05) is 47.1 Å². The normalized spacial score (nSPS) is 13.9. The van der Waals surface area contributed by atoms with Gasteiger partial charge in [0.2, 0.25) is 5.91 Å². The summed E-state index contributed by atoms with van der Waals surface area (Å²) in [6, 6.07) is 9.73. The van der Waals surface area contributed by atoms with Crippen molar-refractivity contribution in [1.82, 2.24) is 9.38 Å². The molecular formula is C17H15N3O2. The Morgan fingerprint density at radius 1 is 1.27 bits per heavy atom. The van der Waals surface area contributed by atoms with Crippen LogP contribution in [-0.4, -0.2) is 27.4 Å². The number of benzene rings is 1. The summed E-state index contributed by atoms with van der Waals surface area (Å²) >= 11 is 0. The minimum atomic E-state index is 0.00594. The van der Waals surface area contributed by atoms with Gasteiger partial charge in [0.15, 0.2) is 0 Å². The fraction of sp³-hybridized carbons (Fsp3) is 0.176. The quantitative estimate of drug-likeness (QED) is 0.786. The molecule has 0 radical (unpaired) electrons. The summed E-state index contributed by atoms with van der Waals surface area (Å²) < 4.78 is 1.93. The van der Waals surface area contributed by atoms with E-state index in [0.717, 1.165) is 33.7 Å². The number of aromatic nitrogens is 2. The van der Waals surface area contributed by atoms with Crippen molar-refractivity contribution in [1.29, 1.82) is 0 Å². The molecule has 1 N–H and O–H groups in total. The third-order valence-electron chi connectivity index (χ3n) is 4.16. The van der Waals surface area contributed by atoms with Crippen LogP contribution in [0, 0.1) is 0 Å². The van der Waals surface area contributed by atoms with Gasteiger partial charge in [-0.15, -0.1) is 0 Å². The number of pyridine rings is 1. The summed E-state index contributed by atoms with van der Waals surface area (Å²) in [5.74, 6) is 0.120. The Labute approximate surface area is 127 Å². The van der Waals surface area contributed by atoms with Gasteiger partial charge in [0, 0.05) is 30.7 Å². The number of aliphatic hydroxyl groups excluding tert-OH is 1. The molecule has 4 rings (SSSR count). The number of rotatable bonds is 2. The van der Waals surface area contributed by atoms with E-state index in [1.54, 1.807) is 11.9 Å². The SMILES string of the molecule is CN1C(=O)Cc2cc(-c3cn4ccc(CO)cc4n3)ccc21. The number of hydrogen-bond donors (Lipinski definition) is 1. The minimum absolute atomic E-state index is 0.00594. The van der Waals surface area contributed by atoms with Crippen LogP contribution in [0.15, 0.2) is 42.7 Å². The number of anilines is 1. The number of carbonyl (C=O) groups is 1. The summed E-state index contributed by atoms with van der Waals surface area (Å²) in [5.41, 5.74) is 5.51. The Kier molecular flexibility index (Phi) is 2.77. The molecule has 3 heterocycles. The Bertz CT molecular complexity index is 898. The average Bonchev–Trinajstić information content (AvgIpc) is 3.08. The fourth-order valence-corrected chi connectivity index (χ4v) is 2.89. The van der Waals surface area contributed by atoms with Crippen LogP contribution < -0.4 is 4.90 Å². The highest BCUT2D eigenvalue weighted by atomic mass is 16.3. The molecule has 1 aliphatic heterocycles. The number of carbonyl (C=O) groups excluding carboxylic acids is 1. The summed E-state index contributed by atoms with van der Waals surface area (Å²) in [6.45, 7) is 0.00594. The van der Waals surface area contributed by atoms with E-state index in [-0.39, 0.29) is 12.5 Å². The smallest absolute Gasteiger partial charge is 0.231 e. The largest absolute Gasteiger partial charge is 0.392 e. The molecule has 0 saturated carbocycles. The van der Waals surface area contributed by atoms with Gasteiger partial charge in [-0.2, -0.15) is 0 Å². The van der Waals surface area contributed by atoms with Gasteiger partial charge in [0.25, 0.3) is 0 Å². The van der Waals surface area contributed by atoms with Crippen molar-refractivity contribution in [2.75, 3.05) is 11.9 Å². The molecule has 5 nitrogen and oxygen atoms in total. The second kappa shape index (κ2) is 4.68. The molecule has 0 aliphatic carbocycles. The first-order valence-electron chi connectivity index (χ1n) is 7.14. The van der Waals surface area contributed by atoms with Crippen LogP contribution in [0.3, 0.4) is 0 Å². The number of hydrogen-bond acceptors (Lipinski definition) is 3. The molecule has 1 aliphatic rings. The first-order chi connectivity index (χ1) is 10.7. The number of nitrogens with zero attached hydrogens (tertiary/aromatic N) is 3. The monoisotopic (exact) mass is 293 g/mol. The van der Waals surface area contributed by atoms with Gasteiger partial charge in [-0.1, -0.05) is 6.07 Å². The third kappa shape index (κ3) is 1.90. The van der Waals surface area contributed by atoms with Crippen molar-refractivity contribution in [3.8, 4) is 11.3 Å². The Hall–Kier alpha value is -2.66. The molecule has 0 unspecified atom stereocenters. The molecule has 0 atom stereocenters. The van der Waals surface area contributed by atoms with Gasteiger partial charge in [0.1, 0.15) is 5.65 Å².